The van der Waals surface area contributed by atoms with E-state index in [4.69, 9.17) is 23.1 Å². The molecule has 0 spiro atoms. The van der Waals surface area contributed by atoms with Gasteiger partial charge in [-0.05, 0) is 18.9 Å². The molecule has 0 atom stereocenters. The highest BCUT2D eigenvalue weighted by Crippen LogP contribution is 2.17. The van der Waals surface area contributed by atoms with Gasteiger partial charge in [0.1, 0.15) is 5.82 Å². The van der Waals surface area contributed by atoms with Crippen molar-refractivity contribution < 1.29 is 4.79 Å². The molecule has 2 heterocycles. The molecule has 18 heavy (non-hydrogen) atoms. The van der Waals surface area contributed by atoms with Gasteiger partial charge in [-0.25, -0.2) is 4.98 Å². The highest BCUT2D eigenvalue weighted by Gasteiger charge is 2.20. The number of hydrogen-bond donors (Lipinski definition) is 2. The number of nitrogens with two attached hydrogens (primary N) is 2. The normalized spacial score (nSPS) is 17.9. The zero-order chi connectivity index (χ0) is 13.1. The zero-order valence-corrected chi connectivity index (χ0v) is 10.9. The number of rotatable bonds is 3. The largest absolute Gasteiger partial charge is 0.383 e. The summed E-state index contributed by atoms with van der Waals surface area (Å²) < 4.78 is 0. The molecule has 1 aliphatic heterocycles. The van der Waals surface area contributed by atoms with Crippen molar-refractivity contribution in [2.45, 2.75) is 18.9 Å². The molecule has 0 amide bonds. The smallest absolute Gasteiger partial charge is 0.180 e. The molecule has 1 aromatic heterocycles. The Labute approximate surface area is 111 Å². The van der Waals surface area contributed by atoms with Crippen LogP contribution in [0.25, 0.3) is 0 Å². The van der Waals surface area contributed by atoms with Crippen LogP contribution in [0.4, 0.5) is 5.82 Å². The molecule has 6 heteroatoms. The van der Waals surface area contributed by atoms with Crippen molar-refractivity contribution in [3.8, 4) is 0 Å². The standard InChI is InChI=1S/C12H17ClN4O/c13-8-5-10(12(15)16-6-8)11(18)7-17-3-1-9(14)2-4-17/h5-6,9H,1-4,7,14H2,(H2,15,16). The number of likely N-dealkylation sites (tertiary alicyclic amines) is 1. The summed E-state index contributed by atoms with van der Waals surface area (Å²) in [6.07, 6.45) is 3.29. The predicted molar refractivity (Wildman–Crippen MR) is 71.6 cm³/mol. The Kier molecular flexibility index (Phi) is 4.16. The number of hydrogen-bond acceptors (Lipinski definition) is 5. The van der Waals surface area contributed by atoms with Gasteiger partial charge in [-0.3, -0.25) is 9.69 Å². The third kappa shape index (κ3) is 3.19. The van der Waals surface area contributed by atoms with E-state index in [-0.39, 0.29) is 17.6 Å². The maximum atomic E-state index is 12.1. The lowest BCUT2D eigenvalue weighted by molar-refractivity contribution is 0.0910. The Morgan fingerprint density at radius 2 is 2.17 bits per heavy atom. The fraction of sp³-hybridized carbons (Fsp3) is 0.500. The van der Waals surface area contributed by atoms with Crippen molar-refractivity contribution in [1.82, 2.24) is 9.88 Å². The average Bonchev–Trinajstić information content (AvgIpc) is 2.35. The van der Waals surface area contributed by atoms with Crippen LogP contribution in [0.5, 0.6) is 0 Å². The van der Waals surface area contributed by atoms with Crippen LogP contribution >= 0.6 is 11.6 Å². The molecule has 4 N–H and O–H groups in total. The second kappa shape index (κ2) is 5.65. The van der Waals surface area contributed by atoms with Crippen LogP contribution in [-0.4, -0.2) is 41.3 Å². The highest BCUT2D eigenvalue weighted by atomic mass is 35.5. The number of carbonyl (C=O) groups excluding carboxylic acids is 1. The maximum absolute atomic E-state index is 12.1. The summed E-state index contributed by atoms with van der Waals surface area (Å²) in [5.41, 5.74) is 11.9. The number of nitrogens with zero attached hydrogens (tertiary/aromatic N) is 2. The molecule has 0 aromatic carbocycles. The van der Waals surface area contributed by atoms with Gasteiger partial charge in [0.15, 0.2) is 5.78 Å². The Bertz CT molecular complexity index is 444. The summed E-state index contributed by atoms with van der Waals surface area (Å²) in [4.78, 5) is 18.1. The summed E-state index contributed by atoms with van der Waals surface area (Å²) in [7, 11) is 0. The minimum Gasteiger partial charge on any atom is -0.383 e. The topological polar surface area (TPSA) is 85.2 Å². The molecule has 2 rings (SSSR count). The molecule has 0 radical (unpaired) electrons. The van der Waals surface area contributed by atoms with Crippen molar-refractivity contribution >= 4 is 23.2 Å². The SMILES string of the molecule is Nc1ncc(Cl)cc1C(=O)CN1CCC(N)CC1. The monoisotopic (exact) mass is 268 g/mol. The van der Waals surface area contributed by atoms with Gasteiger partial charge in [0.2, 0.25) is 0 Å². The lowest BCUT2D eigenvalue weighted by Gasteiger charge is -2.29. The minimum absolute atomic E-state index is 0.0435. The van der Waals surface area contributed by atoms with E-state index in [1.54, 1.807) is 6.07 Å². The lowest BCUT2D eigenvalue weighted by atomic mass is 10.0. The Balaban J connectivity index is 2.01. The fourth-order valence-corrected chi connectivity index (χ4v) is 2.23. The summed E-state index contributed by atoms with van der Waals surface area (Å²) in [6, 6.07) is 1.83. The Morgan fingerprint density at radius 1 is 1.50 bits per heavy atom. The first-order valence-corrected chi connectivity index (χ1v) is 6.36. The lowest BCUT2D eigenvalue weighted by Crippen LogP contribution is -2.42. The Hall–Kier alpha value is -1.17. The number of ketones is 1. The molecule has 1 saturated heterocycles. The van der Waals surface area contributed by atoms with Gasteiger partial charge in [0, 0.05) is 25.3 Å². The van der Waals surface area contributed by atoms with Gasteiger partial charge in [0.25, 0.3) is 0 Å². The number of pyridine rings is 1. The highest BCUT2D eigenvalue weighted by molar-refractivity contribution is 6.31. The molecule has 0 unspecified atom stereocenters. The van der Waals surface area contributed by atoms with Crippen LogP contribution in [0, 0.1) is 0 Å². The van der Waals surface area contributed by atoms with Gasteiger partial charge >= 0.3 is 0 Å². The second-order valence-electron chi connectivity index (χ2n) is 4.62. The molecule has 0 bridgehead atoms. The van der Waals surface area contributed by atoms with E-state index >= 15 is 0 Å². The number of aromatic nitrogens is 1. The summed E-state index contributed by atoms with van der Waals surface area (Å²) in [5, 5.41) is 0.424. The van der Waals surface area contributed by atoms with E-state index in [0.29, 0.717) is 17.1 Å². The van der Waals surface area contributed by atoms with Crippen molar-refractivity contribution in [2.75, 3.05) is 25.4 Å². The molecule has 0 saturated carbocycles. The number of piperidine rings is 1. The third-order valence-electron chi connectivity index (χ3n) is 3.19. The maximum Gasteiger partial charge on any atom is 0.180 e. The van der Waals surface area contributed by atoms with Crippen molar-refractivity contribution in [3.05, 3.63) is 22.8 Å². The quantitative estimate of drug-likeness (QED) is 0.797. The molecule has 1 fully saturated rings. The predicted octanol–water partition coefficient (Wildman–Crippen LogP) is 0.923. The number of halogens is 1. The van der Waals surface area contributed by atoms with Crippen LogP contribution in [-0.2, 0) is 0 Å². The number of nitrogen functional groups attached to an aromatic ring is 1. The van der Waals surface area contributed by atoms with Gasteiger partial charge in [-0.1, -0.05) is 11.6 Å². The first-order valence-electron chi connectivity index (χ1n) is 5.98. The van der Waals surface area contributed by atoms with E-state index in [1.807, 2.05) is 0 Å². The average molecular weight is 269 g/mol. The van der Waals surface area contributed by atoms with E-state index < -0.39 is 0 Å². The molecule has 0 aliphatic carbocycles. The first kappa shape index (κ1) is 13.3. The molecule has 5 nitrogen and oxygen atoms in total. The molecular weight excluding hydrogens is 252 g/mol. The van der Waals surface area contributed by atoms with Crippen molar-refractivity contribution in [1.29, 1.82) is 0 Å². The van der Waals surface area contributed by atoms with Crippen molar-refractivity contribution in [3.63, 3.8) is 0 Å². The molecule has 1 aromatic rings. The molecular formula is C12H17ClN4O. The number of Topliss-reactive ketones (excluding diaryl/α,β-unsaturated/α-hetero) is 1. The first-order chi connectivity index (χ1) is 8.56. The van der Waals surface area contributed by atoms with Crippen LogP contribution < -0.4 is 11.5 Å². The van der Waals surface area contributed by atoms with Gasteiger partial charge < -0.3 is 11.5 Å². The van der Waals surface area contributed by atoms with Crippen LogP contribution in [0.2, 0.25) is 5.02 Å². The molecule has 1 aliphatic rings. The minimum atomic E-state index is -0.0435. The summed E-state index contributed by atoms with van der Waals surface area (Å²) >= 11 is 5.82. The van der Waals surface area contributed by atoms with E-state index in [9.17, 15) is 4.79 Å². The van der Waals surface area contributed by atoms with E-state index in [2.05, 4.69) is 9.88 Å². The summed E-state index contributed by atoms with van der Waals surface area (Å²) in [6.45, 7) is 2.04. The fourth-order valence-electron chi connectivity index (χ4n) is 2.07. The Morgan fingerprint density at radius 3 is 2.83 bits per heavy atom. The van der Waals surface area contributed by atoms with Gasteiger partial charge in [0.05, 0.1) is 17.1 Å². The van der Waals surface area contributed by atoms with Crippen molar-refractivity contribution in [2.24, 2.45) is 5.73 Å². The van der Waals surface area contributed by atoms with Gasteiger partial charge in [-0.15, -0.1) is 0 Å². The molecule has 98 valence electrons. The van der Waals surface area contributed by atoms with E-state index in [1.165, 1.54) is 6.20 Å². The van der Waals surface area contributed by atoms with Crippen LogP contribution in [0.1, 0.15) is 23.2 Å². The van der Waals surface area contributed by atoms with Crippen LogP contribution in [0.15, 0.2) is 12.3 Å². The van der Waals surface area contributed by atoms with Crippen LogP contribution in [0.3, 0.4) is 0 Å². The summed E-state index contributed by atoms with van der Waals surface area (Å²) in [5.74, 6) is 0.191. The van der Waals surface area contributed by atoms with E-state index in [0.717, 1.165) is 25.9 Å². The third-order valence-corrected chi connectivity index (χ3v) is 3.39. The zero-order valence-electron chi connectivity index (χ0n) is 10.1. The van der Waals surface area contributed by atoms with Gasteiger partial charge in [-0.2, -0.15) is 0 Å². The number of anilines is 1. The second-order valence-corrected chi connectivity index (χ2v) is 5.06. The number of carbonyl (C=O) groups is 1.